The third-order valence-electron chi connectivity index (χ3n) is 4.02. The predicted octanol–water partition coefficient (Wildman–Crippen LogP) is 0.942. The number of nitrogens with two attached hydrogens (primary N) is 1. The Kier molecular flexibility index (Phi) is 7.21. The number of carbonyl (C=O) groups excluding carboxylic acids is 2. The molecule has 0 saturated carbocycles. The molecule has 0 aromatic heterocycles. The van der Waals surface area contributed by atoms with Gasteiger partial charge in [0.25, 0.3) is 5.91 Å². The predicted molar refractivity (Wildman–Crippen MR) is 96.2 cm³/mol. The summed E-state index contributed by atoms with van der Waals surface area (Å²) < 4.78 is 5.74. The monoisotopic (exact) mass is 348 g/mol. The van der Waals surface area contributed by atoms with Crippen LogP contribution in [0, 0.1) is 5.92 Å². The summed E-state index contributed by atoms with van der Waals surface area (Å²) in [5, 5.41) is 5.45. The largest absolute Gasteiger partial charge is 0.374 e. The number of hydrogen-bond acceptors (Lipinski definition) is 4. The molecule has 1 heterocycles. The van der Waals surface area contributed by atoms with Crippen LogP contribution >= 0.6 is 0 Å². The van der Waals surface area contributed by atoms with Crippen LogP contribution in [0.3, 0.4) is 0 Å². The number of primary amides is 1. The molecule has 1 saturated heterocycles. The number of morpholine rings is 1. The third-order valence-corrected chi connectivity index (χ3v) is 4.02. The first-order chi connectivity index (χ1) is 11.9. The second-order valence-electron chi connectivity index (χ2n) is 6.77. The maximum atomic E-state index is 12.3. The van der Waals surface area contributed by atoms with Crippen LogP contribution in [0.5, 0.6) is 0 Å². The zero-order valence-electron chi connectivity index (χ0n) is 15.0. The normalized spacial score (nSPS) is 18.1. The molecule has 1 aromatic rings. The molecule has 0 spiro atoms. The zero-order chi connectivity index (χ0) is 18.2. The summed E-state index contributed by atoms with van der Waals surface area (Å²) in [4.78, 5) is 25.3. The van der Waals surface area contributed by atoms with Crippen molar-refractivity contribution in [2.75, 3.05) is 32.8 Å². The number of rotatable bonds is 7. The van der Waals surface area contributed by atoms with Gasteiger partial charge in [0.1, 0.15) is 0 Å². The summed E-state index contributed by atoms with van der Waals surface area (Å²) in [6.45, 7) is 8.80. The Morgan fingerprint density at radius 1 is 1.28 bits per heavy atom. The van der Waals surface area contributed by atoms with Crippen LogP contribution in [-0.2, 0) is 11.3 Å². The van der Waals surface area contributed by atoms with E-state index in [1.54, 1.807) is 24.3 Å². The number of nitrogens with one attached hydrogen (secondary N) is 2. The van der Waals surface area contributed by atoms with Crippen molar-refractivity contribution >= 4 is 11.9 Å². The molecule has 2 rings (SSSR count). The average Bonchev–Trinajstić information content (AvgIpc) is 2.58. The molecule has 7 nitrogen and oxygen atoms in total. The lowest BCUT2D eigenvalue weighted by molar-refractivity contribution is -0.0295. The maximum Gasteiger partial charge on any atom is 0.312 e. The van der Waals surface area contributed by atoms with Gasteiger partial charge in [0, 0.05) is 38.3 Å². The van der Waals surface area contributed by atoms with Crippen molar-refractivity contribution in [1.29, 1.82) is 0 Å². The summed E-state index contributed by atoms with van der Waals surface area (Å²) in [5.74, 6) is 0.495. The minimum Gasteiger partial charge on any atom is -0.374 e. The van der Waals surface area contributed by atoms with Crippen LogP contribution in [0.15, 0.2) is 24.3 Å². The highest BCUT2D eigenvalue weighted by Crippen LogP contribution is 2.08. The van der Waals surface area contributed by atoms with Crippen molar-refractivity contribution in [3.8, 4) is 0 Å². The second kappa shape index (κ2) is 9.39. The third kappa shape index (κ3) is 6.72. The van der Waals surface area contributed by atoms with E-state index in [9.17, 15) is 9.59 Å². The quantitative estimate of drug-likeness (QED) is 0.683. The number of benzene rings is 1. The lowest BCUT2D eigenvalue weighted by atomic mass is 10.1. The van der Waals surface area contributed by atoms with Gasteiger partial charge in [-0.1, -0.05) is 26.0 Å². The van der Waals surface area contributed by atoms with Crippen molar-refractivity contribution < 1.29 is 14.3 Å². The van der Waals surface area contributed by atoms with E-state index in [0.717, 1.165) is 25.2 Å². The van der Waals surface area contributed by atoms with Crippen molar-refractivity contribution in [2.24, 2.45) is 11.7 Å². The van der Waals surface area contributed by atoms with Crippen LogP contribution in [0.25, 0.3) is 0 Å². The van der Waals surface area contributed by atoms with Crippen molar-refractivity contribution in [3.05, 3.63) is 35.4 Å². The van der Waals surface area contributed by atoms with E-state index in [2.05, 4.69) is 29.4 Å². The van der Waals surface area contributed by atoms with E-state index < -0.39 is 6.03 Å². The summed E-state index contributed by atoms with van der Waals surface area (Å²) in [5.41, 5.74) is 6.50. The van der Waals surface area contributed by atoms with Gasteiger partial charge < -0.3 is 21.1 Å². The number of amides is 3. The van der Waals surface area contributed by atoms with Gasteiger partial charge in [-0.15, -0.1) is 0 Å². The van der Waals surface area contributed by atoms with E-state index >= 15 is 0 Å². The minimum atomic E-state index is -0.569. The zero-order valence-corrected chi connectivity index (χ0v) is 15.0. The number of urea groups is 1. The summed E-state index contributed by atoms with van der Waals surface area (Å²) >= 11 is 0. The molecule has 7 heteroatoms. The second-order valence-corrected chi connectivity index (χ2v) is 6.77. The first-order valence-corrected chi connectivity index (χ1v) is 8.68. The lowest BCUT2D eigenvalue weighted by Gasteiger charge is -2.33. The Balaban J connectivity index is 1.78. The maximum absolute atomic E-state index is 12.3. The number of ether oxygens (including phenoxy) is 1. The SMILES string of the molecule is CC(C)CN1CCOC(CNC(=O)c2ccc(CNC(N)=O)cc2)C1. The van der Waals surface area contributed by atoms with Gasteiger partial charge in [0.2, 0.25) is 0 Å². The average molecular weight is 348 g/mol. The molecular formula is C18H28N4O3. The fourth-order valence-electron chi connectivity index (χ4n) is 2.86. The minimum absolute atomic E-state index is 0.0236. The lowest BCUT2D eigenvalue weighted by Crippen LogP contribution is -2.48. The highest BCUT2D eigenvalue weighted by molar-refractivity contribution is 5.94. The van der Waals surface area contributed by atoms with Crippen molar-refractivity contribution in [3.63, 3.8) is 0 Å². The molecule has 1 fully saturated rings. The van der Waals surface area contributed by atoms with Gasteiger partial charge in [-0.05, 0) is 23.6 Å². The number of nitrogens with zero attached hydrogens (tertiary/aromatic N) is 1. The standard InChI is InChI=1S/C18H28N4O3/c1-13(2)11-22-7-8-25-16(12-22)10-20-17(23)15-5-3-14(4-6-15)9-21-18(19)24/h3-6,13,16H,7-12H2,1-2H3,(H,20,23)(H3,19,21,24). The molecule has 0 aliphatic carbocycles. The van der Waals surface area contributed by atoms with Crippen LogP contribution in [-0.4, -0.2) is 55.7 Å². The molecule has 1 aromatic carbocycles. The van der Waals surface area contributed by atoms with Crippen molar-refractivity contribution in [1.82, 2.24) is 15.5 Å². The van der Waals surface area contributed by atoms with E-state index in [0.29, 0.717) is 31.2 Å². The van der Waals surface area contributed by atoms with Crippen LogP contribution < -0.4 is 16.4 Å². The Morgan fingerprint density at radius 3 is 2.64 bits per heavy atom. The first-order valence-electron chi connectivity index (χ1n) is 8.68. The van der Waals surface area contributed by atoms with E-state index in [1.165, 1.54) is 0 Å². The number of hydrogen-bond donors (Lipinski definition) is 3. The van der Waals surface area contributed by atoms with E-state index in [1.807, 2.05) is 0 Å². The Labute approximate surface area is 148 Å². The fourth-order valence-corrected chi connectivity index (χ4v) is 2.86. The molecule has 1 unspecified atom stereocenters. The van der Waals surface area contributed by atoms with Crippen LogP contribution in [0.4, 0.5) is 4.79 Å². The van der Waals surface area contributed by atoms with Gasteiger partial charge in [0.15, 0.2) is 0 Å². The number of carbonyl (C=O) groups is 2. The summed E-state index contributed by atoms with van der Waals surface area (Å²) in [6.07, 6.45) is 0.0236. The Bertz CT molecular complexity index is 574. The Hall–Kier alpha value is -2.12. The molecule has 1 aliphatic heterocycles. The summed E-state index contributed by atoms with van der Waals surface area (Å²) in [7, 11) is 0. The summed E-state index contributed by atoms with van der Waals surface area (Å²) in [6, 6.07) is 6.50. The molecule has 3 amide bonds. The molecule has 138 valence electrons. The van der Waals surface area contributed by atoms with Gasteiger partial charge in [-0.2, -0.15) is 0 Å². The first kappa shape index (κ1) is 19.2. The Morgan fingerprint density at radius 2 is 2.00 bits per heavy atom. The molecule has 4 N–H and O–H groups in total. The van der Waals surface area contributed by atoms with E-state index in [-0.39, 0.29) is 12.0 Å². The van der Waals surface area contributed by atoms with Gasteiger partial charge in [0.05, 0.1) is 12.7 Å². The van der Waals surface area contributed by atoms with Crippen molar-refractivity contribution in [2.45, 2.75) is 26.5 Å². The highest BCUT2D eigenvalue weighted by atomic mass is 16.5. The van der Waals surface area contributed by atoms with E-state index in [4.69, 9.17) is 10.5 Å². The van der Waals surface area contributed by atoms with Gasteiger partial charge in [-0.25, -0.2) is 4.79 Å². The molecule has 1 atom stereocenters. The molecular weight excluding hydrogens is 320 g/mol. The fraction of sp³-hybridized carbons (Fsp3) is 0.556. The van der Waals surface area contributed by atoms with Crippen LogP contribution in [0.1, 0.15) is 29.8 Å². The molecule has 0 bridgehead atoms. The molecule has 0 radical (unpaired) electrons. The highest BCUT2D eigenvalue weighted by Gasteiger charge is 2.21. The van der Waals surface area contributed by atoms with Gasteiger partial charge in [-0.3, -0.25) is 9.69 Å². The van der Waals surface area contributed by atoms with Gasteiger partial charge >= 0.3 is 6.03 Å². The topological polar surface area (TPSA) is 96.7 Å². The molecule has 25 heavy (non-hydrogen) atoms. The van der Waals surface area contributed by atoms with Crippen LogP contribution in [0.2, 0.25) is 0 Å². The smallest absolute Gasteiger partial charge is 0.312 e. The molecule has 1 aliphatic rings.